The molecule has 0 radical (unpaired) electrons. The van der Waals surface area contributed by atoms with Crippen molar-refractivity contribution in [2.24, 2.45) is 0 Å². The van der Waals surface area contributed by atoms with Gasteiger partial charge in [0.2, 0.25) is 5.91 Å². The minimum atomic E-state index is -0.459. The van der Waals surface area contributed by atoms with Crippen LogP contribution in [0.2, 0.25) is 0 Å². The first kappa shape index (κ1) is 18.1. The van der Waals surface area contributed by atoms with E-state index in [1.165, 1.54) is 23.9 Å². The van der Waals surface area contributed by atoms with Gasteiger partial charge < -0.3 is 9.88 Å². The summed E-state index contributed by atoms with van der Waals surface area (Å²) in [5.41, 5.74) is 1.04. The molecule has 0 atom stereocenters. The van der Waals surface area contributed by atoms with Crippen LogP contribution >= 0.6 is 11.8 Å². The van der Waals surface area contributed by atoms with Crippen LogP contribution in [-0.4, -0.2) is 31.4 Å². The molecule has 0 unspecified atom stereocenters. The van der Waals surface area contributed by atoms with Crippen LogP contribution in [-0.2, 0) is 11.3 Å². The molecule has 0 saturated heterocycles. The predicted molar refractivity (Wildman–Crippen MR) is 99.3 cm³/mol. The number of carbonyl (C=O) groups is 1. The number of nitrogens with zero attached hydrogens (tertiary/aromatic N) is 4. The van der Waals surface area contributed by atoms with E-state index in [0.717, 1.165) is 24.4 Å². The molecule has 3 aromatic rings. The first-order chi connectivity index (χ1) is 12.7. The lowest BCUT2D eigenvalue weighted by Gasteiger charge is -2.09. The van der Waals surface area contributed by atoms with Gasteiger partial charge in [0.25, 0.3) is 0 Å². The van der Waals surface area contributed by atoms with E-state index in [-0.39, 0.29) is 17.3 Å². The molecule has 1 N–H and O–H groups in total. The van der Waals surface area contributed by atoms with Crippen molar-refractivity contribution in [3.63, 3.8) is 0 Å². The van der Waals surface area contributed by atoms with Gasteiger partial charge in [0.15, 0.2) is 11.0 Å². The third-order valence-corrected chi connectivity index (χ3v) is 4.53. The molecule has 0 aliphatic heterocycles. The molecule has 134 valence electrons. The predicted octanol–water partition coefficient (Wildman–Crippen LogP) is 3.62. The van der Waals surface area contributed by atoms with Crippen LogP contribution in [0.1, 0.15) is 13.3 Å². The largest absolute Gasteiger partial charge is 0.323 e. The molecule has 0 saturated carbocycles. The Labute approximate surface area is 154 Å². The van der Waals surface area contributed by atoms with Crippen molar-refractivity contribution in [3.8, 4) is 11.4 Å². The smallest absolute Gasteiger partial charge is 0.234 e. The number of amides is 1. The molecule has 0 bridgehead atoms. The number of halogens is 1. The van der Waals surface area contributed by atoms with Gasteiger partial charge in [-0.1, -0.05) is 30.8 Å². The molecule has 0 aliphatic rings. The Balaban J connectivity index is 1.71. The van der Waals surface area contributed by atoms with Gasteiger partial charge in [0.05, 0.1) is 11.4 Å². The van der Waals surface area contributed by atoms with Crippen molar-refractivity contribution in [3.05, 3.63) is 54.6 Å². The van der Waals surface area contributed by atoms with Crippen molar-refractivity contribution in [1.29, 1.82) is 0 Å². The number of pyridine rings is 1. The first-order valence-electron chi connectivity index (χ1n) is 8.19. The lowest BCUT2D eigenvalue weighted by Crippen LogP contribution is -2.15. The summed E-state index contributed by atoms with van der Waals surface area (Å²) in [6.45, 7) is 2.79. The standard InChI is InChI=1S/C18H18FN5OS/c1-2-10-24-17(13-6-5-9-20-11-13)22-23-18(24)26-12-16(25)21-15-8-4-3-7-14(15)19/h3-9,11H,2,10,12H2,1H3,(H,21,25). The lowest BCUT2D eigenvalue weighted by molar-refractivity contribution is -0.113. The van der Waals surface area contributed by atoms with Gasteiger partial charge in [-0.25, -0.2) is 4.39 Å². The van der Waals surface area contributed by atoms with Crippen molar-refractivity contribution in [2.75, 3.05) is 11.1 Å². The molecule has 0 aliphatic carbocycles. The maximum Gasteiger partial charge on any atom is 0.234 e. The maximum atomic E-state index is 13.6. The molecular formula is C18H18FN5OS. The van der Waals surface area contributed by atoms with Crippen molar-refractivity contribution < 1.29 is 9.18 Å². The van der Waals surface area contributed by atoms with E-state index < -0.39 is 5.82 Å². The zero-order chi connectivity index (χ0) is 18.4. The summed E-state index contributed by atoms with van der Waals surface area (Å²) in [5, 5.41) is 11.7. The van der Waals surface area contributed by atoms with Gasteiger partial charge in [0, 0.05) is 24.5 Å². The van der Waals surface area contributed by atoms with Crippen LogP contribution in [0.5, 0.6) is 0 Å². The molecule has 3 rings (SSSR count). The monoisotopic (exact) mass is 371 g/mol. The molecule has 2 heterocycles. The fourth-order valence-electron chi connectivity index (χ4n) is 2.41. The Hall–Kier alpha value is -2.74. The first-order valence-corrected chi connectivity index (χ1v) is 9.18. The van der Waals surface area contributed by atoms with Gasteiger partial charge >= 0.3 is 0 Å². The summed E-state index contributed by atoms with van der Waals surface area (Å²) in [6.07, 6.45) is 4.34. The summed E-state index contributed by atoms with van der Waals surface area (Å²) < 4.78 is 15.6. The van der Waals surface area contributed by atoms with Crippen LogP contribution in [0.4, 0.5) is 10.1 Å². The quantitative estimate of drug-likeness (QED) is 0.642. The fraction of sp³-hybridized carbons (Fsp3) is 0.222. The summed E-state index contributed by atoms with van der Waals surface area (Å²) in [4.78, 5) is 16.2. The minimum Gasteiger partial charge on any atom is -0.323 e. The minimum absolute atomic E-state index is 0.114. The van der Waals surface area contributed by atoms with E-state index >= 15 is 0 Å². The number of rotatable bonds is 7. The Kier molecular flexibility index (Phi) is 5.96. The summed E-state index contributed by atoms with van der Waals surface area (Å²) in [6, 6.07) is 9.84. The van der Waals surface area contributed by atoms with Gasteiger partial charge in [-0.3, -0.25) is 9.78 Å². The number of benzene rings is 1. The molecule has 2 aromatic heterocycles. The topological polar surface area (TPSA) is 72.7 Å². The van der Waals surface area contributed by atoms with Crippen LogP contribution in [0.15, 0.2) is 53.9 Å². The number of hydrogen-bond donors (Lipinski definition) is 1. The highest BCUT2D eigenvalue weighted by atomic mass is 32.2. The normalized spacial score (nSPS) is 10.7. The highest BCUT2D eigenvalue weighted by Gasteiger charge is 2.15. The second-order valence-electron chi connectivity index (χ2n) is 5.52. The third-order valence-electron chi connectivity index (χ3n) is 3.56. The van der Waals surface area contributed by atoms with E-state index in [1.54, 1.807) is 24.5 Å². The summed E-state index contributed by atoms with van der Waals surface area (Å²) >= 11 is 1.27. The fourth-order valence-corrected chi connectivity index (χ4v) is 3.17. The molecule has 6 nitrogen and oxygen atoms in total. The van der Waals surface area contributed by atoms with Crippen LogP contribution in [0.3, 0.4) is 0 Å². The SMILES string of the molecule is CCCn1c(SCC(=O)Nc2ccccc2F)nnc1-c1cccnc1. The molecule has 0 spiro atoms. The van der Waals surface area contributed by atoms with Crippen LogP contribution in [0.25, 0.3) is 11.4 Å². The van der Waals surface area contributed by atoms with Crippen molar-refractivity contribution in [1.82, 2.24) is 19.7 Å². The van der Waals surface area contributed by atoms with Crippen molar-refractivity contribution in [2.45, 2.75) is 25.0 Å². The van der Waals surface area contributed by atoms with Gasteiger partial charge in [-0.15, -0.1) is 10.2 Å². The highest BCUT2D eigenvalue weighted by molar-refractivity contribution is 7.99. The van der Waals surface area contributed by atoms with E-state index in [0.29, 0.717) is 5.16 Å². The number of thioether (sulfide) groups is 1. The zero-order valence-corrected chi connectivity index (χ0v) is 15.0. The average molecular weight is 371 g/mol. The van der Waals surface area contributed by atoms with Crippen LogP contribution < -0.4 is 5.32 Å². The molecule has 8 heteroatoms. The Bertz CT molecular complexity index is 884. The number of para-hydroxylation sites is 1. The number of anilines is 1. The molecule has 0 fully saturated rings. The van der Waals surface area contributed by atoms with E-state index in [9.17, 15) is 9.18 Å². The number of hydrogen-bond acceptors (Lipinski definition) is 5. The van der Waals surface area contributed by atoms with Gasteiger partial charge in [-0.05, 0) is 30.7 Å². The van der Waals surface area contributed by atoms with E-state index in [4.69, 9.17) is 0 Å². The average Bonchev–Trinajstić information content (AvgIpc) is 3.06. The van der Waals surface area contributed by atoms with E-state index in [2.05, 4.69) is 27.4 Å². The molecule has 26 heavy (non-hydrogen) atoms. The Morgan fingerprint density at radius 2 is 2.08 bits per heavy atom. The second-order valence-corrected chi connectivity index (χ2v) is 6.46. The molecule has 1 amide bonds. The summed E-state index contributed by atoms with van der Waals surface area (Å²) in [7, 11) is 0. The van der Waals surface area contributed by atoms with Gasteiger partial charge in [-0.2, -0.15) is 0 Å². The number of carbonyl (C=O) groups excluding carboxylic acids is 1. The molecule has 1 aromatic carbocycles. The van der Waals surface area contributed by atoms with E-state index in [1.807, 2.05) is 16.7 Å². The number of nitrogens with one attached hydrogen (secondary N) is 1. The number of aromatic nitrogens is 4. The molecular weight excluding hydrogens is 353 g/mol. The Morgan fingerprint density at radius 1 is 1.23 bits per heavy atom. The summed E-state index contributed by atoms with van der Waals surface area (Å²) in [5.74, 6) is 0.0772. The maximum absolute atomic E-state index is 13.6. The highest BCUT2D eigenvalue weighted by Crippen LogP contribution is 2.24. The van der Waals surface area contributed by atoms with Gasteiger partial charge in [0.1, 0.15) is 5.82 Å². The van der Waals surface area contributed by atoms with Crippen molar-refractivity contribution >= 4 is 23.4 Å². The zero-order valence-electron chi connectivity index (χ0n) is 14.2. The third kappa shape index (κ3) is 4.26. The Morgan fingerprint density at radius 3 is 2.81 bits per heavy atom. The lowest BCUT2D eigenvalue weighted by atomic mass is 10.2. The second kappa shape index (κ2) is 8.57. The van der Waals surface area contributed by atoms with Crippen LogP contribution in [0, 0.1) is 5.82 Å².